The molecule has 1 aromatic rings. The number of halogens is 1. The zero-order chi connectivity index (χ0) is 11.5. The lowest BCUT2D eigenvalue weighted by Crippen LogP contribution is -2.35. The summed E-state index contributed by atoms with van der Waals surface area (Å²) in [5.41, 5.74) is 0.518. The molecule has 0 aromatic carbocycles. The molecule has 0 N–H and O–H groups in total. The molecule has 0 radical (unpaired) electrons. The summed E-state index contributed by atoms with van der Waals surface area (Å²) < 4.78 is 0. The van der Waals surface area contributed by atoms with E-state index in [-0.39, 0.29) is 5.91 Å². The Kier molecular flexibility index (Phi) is 3.44. The lowest BCUT2D eigenvalue weighted by Gasteiger charge is -2.23. The molecule has 1 aliphatic heterocycles. The highest BCUT2D eigenvalue weighted by molar-refractivity contribution is 6.32. The standard InChI is InChI=1S/C12H15ClN2O/c1-2-9-5-4-8-15(9)12(16)10-6-3-7-14-11(10)13/h3,6-7,9H,2,4-5,8H2,1H3. The van der Waals surface area contributed by atoms with Gasteiger partial charge in [-0.3, -0.25) is 4.79 Å². The molecule has 2 rings (SSSR count). The summed E-state index contributed by atoms with van der Waals surface area (Å²) in [5.74, 6) is 0.0162. The zero-order valence-corrected chi connectivity index (χ0v) is 10.1. The molecule has 1 saturated heterocycles. The molecule has 1 aliphatic rings. The topological polar surface area (TPSA) is 33.2 Å². The van der Waals surface area contributed by atoms with E-state index >= 15 is 0 Å². The minimum Gasteiger partial charge on any atom is -0.336 e. The van der Waals surface area contributed by atoms with Crippen molar-refractivity contribution in [3.8, 4) is 0 Å². The van der Waals surface area contributed by atoms with Crippen LogP contribution in [-0.2, 0) is 0 Å². The number of likely N-dealkylation sites (tertiary alicyclic amines) is 1. The molecule has 3 nitrogen and oxygen atoms in total. The molecule has 0 spiro atoms. The van der Waals surface area contributed by atoms with Crippen LogP contribution in [0, 0.1) is 0 Å². The third-order valence-electron chi connectivity index (χ3n) is 3.10. The van der Waals surface area contributed by atoms with E-state index in [9.17, 15) is 4.79 Å². The number of nitrogens with zero attached hydrogens (tertiary/aromatic N) is 2. The quantitative estimate of drug-likeness (QED) is 0.743. The summed E-state index contributed by atoms with van der Waals surface area (Å²) in [6.45, 7) is 2.95. The number of amides is 1. The lowest BCUT2D eigenvalue weighted by atomic mass is 10.1. The first kappa shape index (κ1) is 11.4. The minimum absolute atomic E-state index is 0.0162. The van der Waals surface area contributed by atoms with Gasteiger partial charge in [0.05, 0.1) is 5.56 Å². The molecule has 1 amide bonds. The number of hydrogen-bond acceptors (Lipinski definition) is 2. The molecule has 2 heterocycles. The van der Waals surface area contributed by atoms with Crippen LogP contribution in [0.1, 0.15) is 36.5 Å². The SMILES string of the molecule is CCC1CCCN1C(=O)c1cccnc1Cl. The monoisotopic (exact) mass is 238 g/mol. The second kappa shape index (κ2) is 4.83. The van der Waals surface area contributed by atoms with E-state index in [4.69, 9.17) is 11.6 Å². The Balaban J connectivity index is 2.22. The van der Waals surface area contributed by atoms with Gasteiger partial charge in [0.15, 0.2) is 0 Å². The first-order valence-electron chi connectivity index (χ1n) is 5.65. The maximum absolute atomic E-state index is 12.2. The molecule has 4 heteroatoms. The third kappa shape index (κ3) is 2.05. The van der Waals surface area contributed by atoms with Crippen LogP contribution >= 0.6 is 11.6 Å². The van der Waals surface area contributed by atoms with Crippen molar-refractivity contribution in [3.05, 3.63) is 29.0 Å². The van der Waals surface area contributed by atoms with Crippen LogP contribution in [0.15, 0.2) is 18.3 Å². The highest BCUT2D eigenvalue weighted by atomic mass is 35.5. The van der Waals surface area contributed by atoms with Crippen molar-refractivity contribution in [2.45, 2.75) is 32.2 Å². The number of pyridine rings is 1. The van der Waals surface area contributed by atoms with Gasteiger partial charge in [-0.1, -0.05) is 18.5 Å². The van der Waals surface area contributed by atoms with E-state index < -0.39 is 0 Å². The van der Waals surface area contributed by atoms with Crippen LogP contribution in [0.25, 0.3) is 0 Å². The van der Waals surface area contributed by atoms with Crippen LogP contribution < -0.4 is 0 Å². The fourth-order valence-corrected chi connectivity index (χ4v) is 2.43. The Morgan fingerprint density at radius 2 is 2.50 bits per heavy atom. The van der Waals surface area contributed by atoms with Crippen molar-refractivity contribution in [2.75, 3.05) is 6.54 Å². The van der Waals surface area contributed by atoms with Crippen molar-refractivity contribution in [1.82, 2.24) is 9.88 Å². The maximum atomic E-state index is 12.2. The first-order chi connectivity index (χ1) is 7.74. The molecule has 1 aromatic heterocycles. The summed E-state index contributed by atoms with van der Waals surface area (Å²) in [6.07, 6.45) is 4.78. The smallest absolute Gasteiger partial charge is 0.257 e. The van der Waals surface area contributed by atoms with E-state index in [2.05, 4.69) is 11.9 Å². The number of hydrogen-bond donors (Lipinski definition) is 0. The first-order valence-corrected chi connectivity index (χ1v) is 6.03. The highest BCUT2D eigenvalue weighted by Crippen LogP contribution is 2.24. The van der Waals surface area contributed by atoms with Crippen molar-refractivity contribution in [2.24, 2.45) is 0 Å². The molecule has 0 saturated carbocycles. The van der Waals surface area contributed by atoms with Gasteiger partial charge in [0.2, 0.25) is 0 Å². The summed E-state index contributed by atoms with van der Waals surface area (Å²) >= 11 is 5.93. The fourth-order valence-electron chi connectivity index (χ4n) is 2.23. The van der Waals surface area contributed by atoms with Gasteiger partial charge >= 0.3 is 0 Å². The van der Waals surface area contributed by atoms with Crippen LogP contribution in [-0.4, -0.2) is 28.4 Å². The molecule has 1 fully saturated rings. The molecule has 86 valence electrons. The summed E-state index contributed by atoms with van der Waals surface area (Å²) in [4.78, 5) is 18.1. The van der Waals surface area contributed by atoms with E-state index in [1.165, 1.54) is 0 Å². The average Bonchev–Trinajstić information content (AvgIpc) is 2.77. The molecular formula is C12H15ClN2O. The van der Waals surface area contributed by atoms with Crippen molar-refractivity contribution < 1.29 is 4.79 Å². The number of rotatable bonds is 2. The predicted octanol–water partition coefficient (Wildman–Crippen LogP) is 2.75. The highest BCUT2D eigenvalue weighted by Gasteiger charge is 2.29. The Hall–Kier alpha value is -1.09. The molecule has 1 atom stereocenters. The normalized spacial score (nSPS) is 20.1. The lowest BCUT2D eigenvalue weighted by molar-refractivity contribution is 0.0733. The molecule has 1 unspecified atom stereocenters. The van der Waals surface area contributed by atoms with Crippen LogP contribution in [0.3, 0.4) is 0 Å². The summed E-state index contributed by atoms with van der Waals surface area (Å²) in [5, 5.41) is 0.300. The van der Waals surface area contributed by atoms with Crippen LogP contribution in [0.5, 0.6) is 0 Å². The molecular weight excluding hydrogens is 224 g/mol. The summed E-state index contributed by atoms with van der Waals surface area (Å²) in [6, 6.07) is 3.85. The van der Waals surface area contributed by atoms with Crippen molar-refractivity contribution >= 4 is 17.5 Å². The maximum Gasteiger partial charge on any atom is 0.257 e. The van der Waals surface area contributed by atoms with Crippen molar-refractivity contribution in [3.63, 3.8) is 0 Å². The molecule has 16 heavy (non-hydrogen) atoms. The number of carbonyl (C=O) groups excluding carboxylic acids is 1. The average molecular weight is 239 g/mol. The van der Waals surface area contributed by atoms with Gasteiger partial charge in [0.25, 0.3) is 5.91 Å². The van der Waals surface area contributed by atoms with Crippen molar-refractivity contribution in [1.29, 1.82) is 0 Å². The van der Waals surface area contributed by atoms with Gasteiger partial charge in [-0.15, -0.1) is 0 Å². The summed E-state index contributed by atoms with van der Waals surface area (Å²) in [7, 11) is 0. The van der Waals surface area contributed by atoms with Gasteiger partial charge in [-0.2, -0.15) is 0 Å². The minimum atomic E-state index is 0.0162. The van der Waals surface area contributed by atoms with E-state index in [1.54, 1.807) is 18.3 Å². The van der Waals surface area contributed by atoms with Gasteiger partial charge in [0.1, 0.15) is 5.15 Å². The Labute approximate surface area is 100 Å². The molecule has 0 bridgehead atoms. The predicted molar refractivity (Wildman–Crippen MR) is 63.6 cm³/mol. The molecule has 0 aliphatic carbocycles. The zero-order valence-electron chi connectivity index (χ0n) is 9.32. The van der Waals surface area contributed by atoms with E-state index in [1.807, 2.05) is 4.90 Å². The van der Waals surface area contributed by atoms with Gasteiger partial charge in [-0.25, -0.2) is 4.98 Å². The largest absolute Gasteiger partial charge is 0.336 e. The Bertz CT molecular complexity index is 394. The van der Waals surface area contributed by atoms with Crippen LogP contribution in [0.2, 0.25) is 5.15 Å². The Morgan fingerprint density at radius 3 is 3.19 bits per heavy atom. The number of aromatic nitrogens is 1. The second-order valence-corrected chi connectivity index (χ2v) is 4.40. The number of carbonyl (C=O) groups is 1. The third-order valence-corrected chi connectivity index (χ3v) is 3.40. The Morgan fingerprint density at radius 1 is 1.69 bits per heavy atom. The second-order valence-electron chi connectivity index (χ2n) is 4.04. The van der Waals surface area contributed by atoms with E-state index in [0.717, 1.165) is 25.8 Å². The fraction of sp³-hybridized carbons (Fsp3) is 0.500. The van der Waals surface area contributed by atoms with Gasteiger partial charge in [-0.05, 0) is 31.4 Å². The van der Waals surface area contributed by atoms with Gasteiger partial charge in [0, 0.05) is 18.8 Å². The van der Waals surface area contributed by atoms with Crippen LogP contribution in [0.4, 0.5) is 0 Å². The van der Waals surface area contributed by atoms with Gasteiger partial charge < -0.3 is 4.90 Å². The van der Waals surface area contributed by atoms with E-state index in [0.29, 0.717) is 16.8 Å².